The van der Waals surface area contributed by atoms with Crippen LogP contribution >= 0.6 is 15.9 Å². The summed E-state index contributed by atoms with van der Waals surface area (Å²) >= 11 is 3.47. The maximum atomic E-state index is 11.0. The molecule has 3 rings (SSSR count). The summed E-state index contributed by atoms with van der Waals surface area (Å²) in [5, 5.41) is 9.01. The van der Waals surface area contributed by atoms with Gasteiger partial charge in [-0.25, -0.2) is 14.8 Å². The van der Waals surface area contributed by atoms with Crippen molar-refractivity contribution >= 4 is 27.8 Å². The number of nitrogens with zero attached hydrogens (tertiary/aromatic N) is 4. The molecule has 0 saturated carbocycles. The number of hydrogen-bond acceptors (Lipinski definition) is 5. The molecule has 1 aliphatic rings. The second kappa shape index (κ2) is 7.06. The first kappa shape index (κ1) is 15.9. The van der Waals surface area contributed by atoms with E-state index in [0.717, 1.165) is 48.7 Å². The largest absolute Gasteiger partial charge is 0.478 e. The van der Waals surface area contributed by atoms with Crippen LogP contribution < -0.4 is 4.90 Å². The molecule has 1 aromatic carbocycles. The Hall–Kier alpha value is -1.99. The number of aromatic carboxylic acids is 1. The fraction of sp³-hybridized carbons (Fsp3) is 0.312. The number of carboxylic acids is 1. The minimum atomic E-state index is -0.909. The van der Waals surface area contributed by atoms with Gasteiger partial charge in [-0.3, -0.25) is 4.90 Å². The third kappa shape index (κ3) is 3.86. The quantitative estimate of drug-likeness (QED) is 0.882. The number of carbonyl (C=O) groups is 1. The fourth-order valence-corrected chi connectivity index (χ4v) is 3.11. The van der Waals surface area contributed by atoms with Gasteiger partial charge in [0.05, 0.1) is 5.56 Å². The van der Waals surface area contributed by atoms with Crippen molar-refractivity contribution < 1.29 is 9.90 Å². The molecule has 1 N–H and O–H groups in total. The molecular weight excluding hydrogens is 360 g/mol. The van der Waals surface area contributed by atoms with Gasteiger partial charge in [0.25, 0.3) is 0 Å². The minimum Gasteiger partial charge on any atom is -0.478 e. The van der Waals surface area contributed by atoms with Crippen LogP contribution in [0.3, 0.4) is 0 Å². The van der Waals surface area contributed by atoms with E-state index in [1.54, 1.807) is 24.5 Å². The highest BCUT2D eigenvalue weighted by Gasteiger charge is 2.19. The molecule has 1 aromatic heterocycles. The van der Waals surface area contributed by atoms with Crippen LogP contribution in [-0.2, 0) is 6.54 Å². The van der Waals surface area contributed by atoms with Gasteiger partial charge in [-0.1, -0.05) is 22.0 Å². The van der Waals surface area contributed by atoms with Crippen molar-refractivity contribution in [2.24, 2.45) is 0 Å². The number of rotatable bonds is 4. The van der Waals surface area contributed by atoms with E-state index in [1.807, 2.05) is 12.1 Å². The topological polar surface area (TPSA) is 69.6 Å². The molecule has 0 spiro atoms. The Kier molecular flexibility index (Phi) is 4.88. The molecule has 1 saturated heterocycles. The van der Waals surface area contributed by atoms with Gasteiger partial charge in [-0.05, 0) is 23.8 Å². The van der Waals surface area contributed by atoms with Crippen LogP contribution in [0.1, 0.15) is 15.9 Å². The molecular formula is C16H17BrN4O2. The molecule has 6 nitrogen and oxygen atoms in total. The molecule has 0 radical (unpaired) electrons. The third-order valence-electron chi connectivity index (χ3n) is 3.90. The van der Waals surface area contributed by atoms with Gasteiger partial charge in [0.1, 0.15) is 0 Å². The molecule has 2 aromatic rings. The Labute approximate surface area is 142 Å². The van der Waals surface area contributed by atoms with E-state index in [0.29, 0.717) is 5.56 Å². The lowest BCUT2D eigenvalue weighted by molar-refractivity contribution is 0.0697. The smallest absolute Gasteiger partial charge is 0.335 e. The Morgan fingerprint density at radius 2 is 1.87 bits per heavy atom. The normalized spacial score (nSPS) is 15.6. The summed E-state index contributed by atoms with van der Waals surface area (Å²) in [5.74, 6) is -0.132. The summed E-state index contributed by atoms with van der Waals surface area (Å²) in [6.45, 7) is 4.41. The second-order valence-electron chi connectivity index (χ2n) is 5.42. The van der Waals surface area contributed by atoms with Crippen LogP contribution in [0.5, 0.6) is 0 Å². The Morgan fingerprint density at radius 3 is 2.48 bits per heavy atom. The average molecular weight is 377 g/mol. The van der Waals surface area contributed by atoms with E-state index in [1.165, 1.54) is 0 Å². The first-order valence-corrected chi connectivity index (χ1v) is 8.19. The minimum absolute atomic E-state index is 0.298. The van der Waals surface area contributed by atoms with Gasteiger partial charge in [0.15, 0.2) is 0 Å². The standard InChI is InChI=1S/C16H17BrN4O2/c17-14-10-12(15(22)23)2-3-13(14)11-20-6-8-21(9-7-20)16-18-4-1-5-19-16/h1-5,10H,6-9,11H2,(H,22,23). The van der Waals surface area contributed by atoms with Crippen molar-refractivity contribution in [2.75, 3.05) is 31.1 Å². The van der Waals surface area contributed by atoms with E-state index in [2.05, 4.69) is 35.7 Å². The van der Waals surface area contributed by atoms with Crippen LogP contribution in [-0.4, -0.2) is 52.1 Å². The Morgan fingerprint density at radius 1 is 1.17 bits per heavy atom. The van der Waals surface area contributed by atoms with Crippen LogP contribution in [0.25, 0.3) is 0 Å². The van der Waals surface area contributed by atoms with Gasteiger partial charge in [0.2, 0.25) is 5.95 Å². The molecule has 0 unspecified atom stereocenters. The van der Waals surface area contributed by atoms with Crippen LogP contribution in [0.2, 0.25) is 0 Å². The number of aromatic nitrogens is 2. The average Bonchev–Trinajstić information content (AvgIpc) is 2.58. The van der Waals surface area contributed by atoms with Crippen molar-refractivity contribution in [3.8, 4) is 0 Å². The van der Waals surface area contributed by atoms with Crippen molar-refractivity contribution in [3.05, 3.63) is 52.3 Å². The third-order valence-corrected chi connectivity index (χ3v) is 4.64. The molecule has 0 atom stereocenters. The number of anilines is 1. The van der Waals surface area contributed by atoms with Crippen LogP contribution in [0.15, 0.2) is 41.1 Å². The molecule has 23 heavy (non-hydrogen) atoms. The van der Waals surface area contributed by atoms with E-state index >= 15 is 0 Å². The summed E-state index contributed by atoms with van der Waals surface area (Å²) < 4.78 is 0.839. The van der Waals surface area contributed by atoms with Crippen molar-refractivity contribution in [1.82, 2.24) is 14.9 Å². The number of piperazine rings is 1. The first-order chi connectivity index (χ1) is 11.1. The Balaban J connectivity index is 1.60. The zero-order valence-electron chi connectivity index (χ0n) is 12.5. The molecule has 1 fully saturated rings. The lowest BCUT2D eigenvalue weighted by Gasteiger charge is -2.34. The number of carboxylic acid groups (broad SMARTS) is 1. The first-order valence-electron chi connectivity index (χ1n) is 7.39. The summed E-state index contributed by atoms with van der Waals surface area (Å²) in [6, 6.07) is 7.00. The highest BCUT2D eigenvalue weighted by molar-refractivity contribution is 9.10. The van der Waals surface area contributed by atoms with Gasteiger partial charge in [-0.15, -0.1) is 0 Å². The molecule has 120 valence electrons. The van der Waals surface area contributed by atoms with Gasteiger partial charge < -0.3 is 10.0 Å². The SMILES string of the molecule is O=C(O)c1ccc(CN2CCN(c3ncccn3)CC2)c(Br)c1. The van der Waals surface area contributed by atoms with E-state index in [-0.39, 0.29) is 0 Å². The molecule has 7 heteroatoms. The Bertz CT molecular complexity index is 688. The number of benzene rings is 1. The van der Waals surface area contributed by atoms with Crippen LogP contribution in [0.4, 0.5) is 5.95 Å². The van der Waals surface area contributed by atoms with Crippen LogP contribution in [0, 0.1) is 0 Å². The van der Waals surface area contributed by atoms with Gasteiger partial charge >= 0.3 is 5.97 Å². The highest BCUT2D eigenvalue weighted by Crippen LogP contribution is 2.21. The summed E-state index contributed by atoms with van der Waals surface area (Å²) in [7, 11) is 0. The zero-order chi connectivity index (χ0) is 16.2. The lowest BCUT2D eigenvalue weighted by Crippen LogP contribution is -2.46. The van der Waals surface area contributed by atoms with Gasteiger partial charge in [-0.2, -0.15) is 0 Å². The zero-order valence-corrected chi connectivity index (χ0v) is 14.1. The maximum absolute atomic E-state index is 11.0. The molecule has 1 aliphatic heterocycles. The van der Waals surface area contributed by atoms with Crippen molar-refractivity contribution in [1.29, 1.82) is 0 Å². The van der Waals surface area contributed by atoms with E-state index in [4.69, 9.17) is 5.11 Å². The van der Waals surface area contributed by atoms with Crippen molar-refractivity contribution in [3.63, 3.8) is 0 Å². The van der Waals surface area contributed by atoms with Gasteiger partial charge in [0, 0.05) is 49.6 Å². The fourth-order valence-electron chi connectivity index (χ4n) is 2.61. The van der Waals surface area contributed by atoms with E-state index < -0.39 is 5.97 Å². The second-order valence-corrected chi connectivity index (χ2v) is 6.28. The molecule has 0 aliphatic carbocycles. The molecule has 2 heterocycles. The predicted octanol–water partition coefficient (Wildman–Crippen LogP) is 2.26. The molecule has 0 bridgehead atoms. The number of halogens is 1. The number of hydrogen-bond donors (Lipinski definition) is 1. The summed E-state index contributed by atoms with van der Waals surface area (Å²) in [5.41, 5.74) is 1.39. The molecule has 0 amide bonds. The monoisotopic (exact) mass is 376 g/mol. The maximum Gasteiger partial charge on any atom is 0.335 e. The predicted molar refractivity (Wildman–Crippen MR) is 90.6 cm³/mol. The lowest BCUT2D eigenvalue weighted by atomic mass is 10.1. The summed E-state index contributed by atoms with van der Waals surface area (Å²) in [4.78, 5) is 24.1. The van der Waals surface area contributed by atoms with E-state index in [9.17, 15) is 4.79 Å². The highest BCUT2D eigenvalue weighted by atomic mass is 79.9. The van der Waals surface area contributed by atoms with Crippen molar-refractivity contribution in [2.45, 2.75) is 6.54 Å². The summed E-state index contributed by atoms with van der Waals surface area (Å²) in [6.07, 6.45) is 3.52.